The van der Waals surface area contributed by atoms with Crippen molar-refractivity contribution in [3.05, 3.63) is 34.9 Å². The Morgan fingerprint density at radius 2 is 1.84 bits per heavy atom. The van der Waals surface area contributed by atoms with Crippen molar-refractivity contribution in [2.24, 2.45) is 0 Å². The molecule has 2 N–H and O–H groups in total. The predicted octanol–water partition coefficient (Wildman–Crippen LogP) is 1.89. The lowest BCUT2D eigenvalue weighted by Crippen LogP contribution is -2.29. The Bertz CT molecular complexity index is 487. The minimum atomic E-state index is -0.937. The molecule has 5 nitrogen and oxygen atoms in total. The van der Waals surface area contributed by atoms with Crippen LogP contribution in [0.2, 0.25) is 5.02 Å². The van der Waals surface area contributed by atoms with E-state index >= 15 is 0 Å². The SMILES string of the molecule is O=C(O)CCCC(=O)CNC(=O)c1ccccc1Cl. The number of aliphatic carboxylic acids is 1. The number of amides is 1. The summed E-state index contributed by atoms with van der Waals surface area (Å²) in [7, 11) is 0. The van der Waals surface area contributed by atoms with Crippen molar-refractivity contribution >= 4 is 29.3 Å². The van der Waals surface area contributed by atoms with E-state index in [1.807, 2.05) is 0 Å². The molecule has 19 heavy (non-hydrogen) atoms. The molecule has 1 amide bonds. The van der Waals surface area contributed by atoms with Crippen molar-refractivity contribution in [3.8, 4) is 0 Å². The molecule has 1 rings (SSSR count). The van der Waals surface area contributed by atoms with E-state index in [1.54, 1.807) is 24.3 Å². The topological polar surface area (TPSA) is 83.5 Å². The van der Waals surface area contributed by atoms with Gasteiger partial charge in [0.15, 0.2) is 5.78 Å². The third-order valence-corrected chi connectivity index (χ3v) is 2.74. The molecule has 0 aliphatic rings. The van der Waals surface area contributed by atoms with Crippen molar-refractivity contribution in [2.75, 3.05) is 6.54 Å². The largest absolute Gasteiger partial charge is 0.481 e. The fourth-order valence-electron chi connectivity index (χ4n) is 1.44. The first-order chi connectivity index (χ1) is 9.00. The van der Waals surface area contributed by atoms with E-state index in [-0.39, 0.29) is 31.6 Å². The van der Waals surface area contributed by atoms with E-state index in [4.69, 9.17) is 16.7 Å². The lowest BCUT2D eigenvalue weighted by atomic mass is 10.1. The summed E-state index contributed by atoms with van der Waals surface area (Å²) in [6.07, 6.45) is 0.357. The third-order valence-electron chi connectivity index (χ3n) is 2.41. The van der Waals surface area contributed by atoms with Gasteiger partial charge in [0.05, 0.1) is 17.1 Å². The molecule has 0 bridgehead atoms. The minimum absolute atomic E-state index is 0.0514. The van der Waals surface area contributed by atoms with Crippen molar-refractivity contribution in [1.82, 2.24) is 5.32 Å². The van der Waals surface area contributed by atoms with Crippen molar-refractivity contribution in [2.45, 2.75) is 19.3 Å². The number of hydrogen-bond donors (Lipinski definition) is 2. The second kappa shape index (κ2) is 7.53. The average Bonchev–Trinajstić information content (AvgIpc) is 2.36. The van der Waals surface area contributed by atoms with E-state index < -0.39 is 11.9 Å². The van der Waals surface area contributed by atoms with Crippen LogP contribution in [0, 0.1) is 0 Å². The van der Waals surface area contributed by atoms with E-state index in [1.165, 1.54) is 0 Å². The van der Waals surface area contributed by atoms with Crippen LogP contribution in [0.1, 0.15) is 29.6 Å². The molecule has 6 heteroatoms. The van der Waals surface area contributed by atoms with Crippen LogP contribution in [0.25, 0.3) is 0 Å². The first kappa shape index (κ1) is 15.2. The molecule has 1 aromatic carbocycles. The summed E-state index contributed by atoms with van der Waals surface area (Å²) in [6, 6.07) is 6.53. The second-order valence-corrected chi connectivity index (χ2v) is 4.36. The normalized spacial score (nSPS) is 9.95. The van der Waals surface area contributed by atoms with Crippen LogP contribution in [0.4, 0.5) is 0 Å². The minimum Gasteiger partial charge on any atom is -0.481 e. The summed E-state index contributed by atoms with van der Waals surface area (Å²) in [5.74, 6) is -1.56. The number of ketones is 1. The molecule has 102 valence electrons. The quantitative estimate of drug-likeness (QED) is 0.800. The van der Waals surface area contributed by atoms with Crippen LogP contribution >= 0.6 is 11.6 Å². The van der Waals surface area contributed by atoms with Crippen LogP contribution in [-0.4, -0.2) is 29.3 Å². The van der Waals surface area contributed by atoms with Gasteiger partial charge < -0.3 is 10.4 Å². The first-order valence-electron chi connectivity index (χ1n) is 5.77. The molecular formula is C13H14ClNO4. The highest BCUT2D eigenvalue weighted by atomic mass is 35.5. The van der Waals surface area contributed by atoms with Crippen LogP contribution < -0.4 is 5.32 Å². The Kier molecular flexibility index (Phi) is 6.02. The van der Waals surface area contributed by atoms with Gasteiger partial charge in [-0.1, -0.05) is 23.7 Å². The summed E-state index contributed by atoms with van der Waals surface area (Å²) in [6.45, 7) is -0.121. The zero-order valence-electron chi connectivity index (χ0n) is 10.2. The lowest BCUT2D eigenvalue weighted by Gasteiger charge is -2.05. The highest BCUT2D eigenvalue weighted by Crippen LogP contribution is 2.14. The fraction of sp³-hybridized carbons (Fsp3) is 0.308. The van der Waals surface area contributed by atoms with Crippen molar-refractivity contribution in [1.29, 1.82) is 0 Å². The number of hydrogen-bond acceptors (Lipinski definition) is 3. The number of carboxylic acids is 1. The maximum atomic E-state index is 11.7. The zero-order valence-corrected chi connectivity index (χ0v) is 10.9. The number of Topliss-reactive ketones (excluding diaryl/α,β-unsaturated/α-hetero) is 1. The van der Waals surface area contributed by atoms with Gasteiger partial charge in [-0.05, 0) is 18.6 Å². The van der Waals surface area contributed by atoms with E-state index in [0.717, 1.165) is 0 Å². The molecule has 0 saturated heterocycles. The molecule has 0 aliphatic carbocycles. The van der Waals surface area contributed by atoms with Crippen LogP contribution in [-0.2, 0) is 9.59 Å². The van der Waals surface area contributed by atoms with Crippen molar-refractivity contribution in [3.63, 3.8) is 0 Å². The van der Waals surface area contributed by atoms with Crippen LogP contribution in [0.5, 0.6) is 0 Å². The summed E-state index contributed by atoms with van der Waals surface area (Å²) >= 11 is 5.84. The lowest BCUT2D eigenvalue weighted by molar-refractivity contribution is -0.137. The van der Waals surface area contributed by atoms with Gasteiger partial charge in [-0.2, -0.15) is 0 Å². The van der Waals surface area contributed by atoms with Gasteiger partial charge >= 0.3 is 5.97 Å². The third kappa shape index (κ3) is 5.52. The van der Waals surface area contributed by atoms with Gasteiger partial charge in [0.2, 0.25) is 0 Å². The number of halogens is 1. The predicted molar refractivity (Wildman–Crippen MR) is 70.3 cm³/mol. The Morgan fingerprint density at radius 3 is 2.47 bits per heavy atom. The number of nitrogens with one attached hydrogen (secondary N) is 1. The fourth-order valence-corrected chi connectivity index (χ4v) is 1.67. The van der Waals surface area contributed by atoms with Gasteiger partial charge in [-0.3, -0.25) is 14.4 Å². The Balaban J connectivity index is 2.36. The maximum absolute atomic E-state index is 11.7. The number of carbonyl (C=O) groups excluding carboxylic acids is 2. The molecule has 0 unspecified atom stereocenters. The van der Waals surface area contributed by atoms with Crippen LogP contribution in [0.15, 0.2) is 24.3 Å². The van der Waals surface area contributed by atoms with E-state index in [0.29, 0.717) is 10.6 Å². The molecule has 0 atom stereocenters. The summed E-state index contributed by atoms with van der Waals surface area (Å²) < 4.78 is 0. The number of benzene rings is 1. The molecular weight excluding hydrogens is 270 g/mol. The van der Waals surface area contributed by atoms with Gasteiger partial charge in [0.25, 0.3) is 5.91 Å². The van der Waals surface area contributed by atoms with Gasteiger partial charge in [-0.25, -0.2) is 0 Å². The summed E-state index contributed by atoms with van der Waals surface area (Å²) in [5.41, 5.74) is 0.308. The van der Waals surface area contributed by atoms with Gasteiger partial charge in [-0.15, -0.1) is 0 Å². The van der Waals surface area contributed by atoms with Crippen molar-refractivity contribution < 1.29 is 19.5 Å². The molecule has 0 spiro atoms. The molecule has 0 fully saturated rings. The van der Waals surface area contributed by atoms with Crippen LogP contribution in [0.3, 0.4) is 0 Å². The molecule has 0 heterocycles. The van der Waals surface area contributed by atoms with E-state index in [2.05, 4.69) is 5.32 Å². The summed E-state index contributed by atoms with van der Waals surface area (Å²) in [4.78, 5) is 33.4. The summed E-state index contributed by atoms with van der Waals surface area (Å²) in [5, 5.41) is 11.2. The standard InChI is InChI=1S/C13H14ClNO4/c14-11-6-2-1-5-10(11)13(19)15-8-9(16)4-3-7-12(17)18/h1-2,5-6H,3-4,7-8H2,(H,15,19)(H,17,18). The molecule has 1 aromatic rings. The number of rotatable bonds is 7. The smallest absolute Gasteiger partial charge is 0.303 e. The zero-order chi connectivity index (χ0) is 14.3. The first-order valence-corrected chi connectivity index (χ1v) is 6.14. The molecule has 0 aliphatic heterocycles. The Hall–Kier alpha value is -1.88. The second-order valence-electron chi connectivity index (χ2n) is 3.95. The number of carbonyl (C=O) groups is 3. The van der Waals surface area contributed by atoms with E-state index in [9.17, 15) is 14.4 Å². The highest BCUT2D eigenvalue weighted by Gasteiger charge is 2.11. The van der Waals surface area contributed by atoms with Gasteiger partial charge in [0, 0.05) is 12.8 Å². The number of carboxylic acid groups (broad SMARTS) is 1. The monoisotopic (exact) mass is 283 g/mol. The van der Waals surface area contributed by atoms with Gasteiger partial charge in [0.1, 0.15) is 0 Å². The highest BCUT2D eigenvalue weighted by molar-refractivity contribution is 6.33. The Morgan fingerprint density at radius 1 is 1.16 bits per heavy atom. The molecule has 0 aromatic heterocycles. The Labute approximate surface area is 115 Å². The average molecular weight is 284 g/mol. The maximum Gasteiger partial charge on any atom is 0.303 e. The molecule has 0 radical (unpaired) electrons. The molecule has 0 saturated carbocycles.